The molecule has 0 atom stereocenters. The predicted molar refractivity (Wildman–Crippen MR) is 86.3 cm³/mol. The van der Waals surface area contributed by atoms with E-state index in [1.54, 1.807) is 11.3 Å². The van der Waals surface area contributed by atoms with Crippen LogP contribution in [0, 0.1) is 6.92 Å². The van der Waals surface area contributed by atoms with Crippen LogP contribution >= 0.6 is 34.5 Å². The normalized spacial score (nSPS) is 10.8. The quantitative estimate of drug-likeness (QED) is 0.511. The van der Waals surface area contributed by atoms with E-state index in [-0.39, 0.29) is 0 Å². The summed E-state index contributed by atoms with van der Waals surface area (Å²) < 4.78 is 5.69. The van der Waals surface area contributed by atoms with Gasteiger partial charge in [-0.2, -0.15) is 0 Å². The fourth-order valence-corrected chi connectivity index (χ4v) is 3.17. The van der Waals surface area contributed by atoms with Crippen molar-refractivity contribution in [3.63, 3.8) is 0 Å². The third kappa shape index (κ3) is 4.65. The van der Waals surface area contributed by atoms with Crippen molar-refractivity contribution in [1.29, 1.82) is 0 Å². The van der Waals surface area contributed by atoms with E-state index in [0.717, 1.165) is 41.3 Å². The third-order valence-electron chi connectivity index (χ3n) is 2.87. The van der Waals surface area contributed by atoms with E-state index in [2.05, 4.69) is 4.98 Å². The molecule has 20 heavy (non-hydrogen) atoms. The van der Waals surface area contributed by atoms with Gasteiger partial charge in [0.25, 0.3) is 0 Å². The first-order chi connectivity index (χ1) is 9.69. The Morgan fingerprint density at radius 1 is 1.30 bits per heavy atom. The number of aromatic nitrogens is 1. The molecule has 0 fully saturated rings. The fourth-order valence-electron chi connectivity index (χ4n) is 1.81. The lowest BCUT2D eigenvalue weighted by atomic mass is 10.2. The lowest BCUT2D eigenvalue weighted by Gasteiger charge is -2.08. The van der Waals surface area contributed by atoms with Crippen molar-refractivity contribution in [3.8, 4) is 5.75 Å². The molecule has 0 aliphatic rings. The Morgan fingerprint density at radius 3 is 2.85 bits per heavy atom. The molecule has 0 spiro atoms. The Kier molecular flexibility index (Phi) is 6.14. The summed E-state index contributed by atoms with van der Waals surface area (Å²) in [6.45, 7) is 2.69. The summed E-state index contributed by atoms with van der Waals surface area (Å²) in [5.41, 5.74) is 2.11. The number of hydrogen-bond acceptors (Lipinski definition) is 3. The Hall–Kier alpha value is -0.770. The van der Waals surface area contributed by atoms with Crippen LogP contribution < -0.4 is 4.74 Å². The molecule has 0 aliphatic carbocycles. The molecule has 2 nitrogen and oxygen atoms in total. The Balaban J connectivity index is 1.68. The summed E-state index contributed by atoms with van der Waals surface area (Å²) >= 11 is 13.5. The highest BCUT2D eigenvalue weighted by Gasteiger charge is 2.03. The summed E-state index contributed by atoms with van der Waals surface area (Å²) in [6, 6.07) is 5.84. The minimum atomic E-state index is 0.492. The average molecular weight is 330 g/mol. The molecule has 1 heterocycles. The van der Waals surface area contributed by atoms with Crippen molar-refractivity contribution in [2.45, 2.75) is 32.1 Å². The molecule has 2 rings (SSSR count). The van der Waals surface area contributed by atoms with E-state index in [1.165, 1.54) is 0 Å². The predicted octanol–water partition coefficient (Wildman–Crippen LogP) is 5.25. The van der Waals surface area contributed by atoms with Gasteiger partial charge in [-0.05, 0) is 43.9 Å². The van der Waals surface area contributed by atoms with Crippen LogP contribution in [0.25, 0.3) is 0 Å². The summed E-state index contributed by atoms with van der Waals surface area (Å²) in [6.07, 6.45) is 3.02. The summed E-state index contributed by atoms with van der Waals surface area (Å²) in [7, 11) is 0. The molecule has 108 valence electrons. The zero-order valence-corrected chi connectivity index (χ0v) is 13.7. The zero-order valence-electron chi connectivity index (χ0n) is 11.4. The number of aryl methyl sites for hydroxylation is 2. The molecule has 2 aromatic rings. The molecule has 5 heteroatoms. The van der Waals surface area contributed by atoms with Gasteiger partial charge in [-0.3, -0.25) is 0 Å². The van der Waals surface area contributed by atoms with Gasteiger partial charge in [0.2, 0.25) is 0 Å². The van der Waals surface area contributed by atoms with Crippen LogP contribution in [0.4, 0.5) is 0 Å². The van der Waals surface area contributed by atoms with Crippen LogP contribution in [0.2, 0.25) is 5.02 Å². The average Bonchev–Trinajstić information content (AvgIpc) is 2.88. The van der Waals surface area contributed by atoms with E-state index in [4.69, 9.17) is 27.9 Å². The van der Waals surface area contributed by atoms with Crippen molar-refractivity contribution < 1.29 is 4.74 Å². The maximum atomic E-state index is 6.11. The molecular formula is C15H17Cl2NOS. The summed E-state index contributed by atoms with van der Waals surface area (Å²) in [4.78, 5) is 4.43. The number of benzene rings is 1. The minimum absolute atomic E-state index is 0.492. The van der Waals surface area contributed by atoms with Crippen molar-refractivity contribution >= 4 is 34.5 Å². The highest BCUT2D eigenvalue weighted by Crippen LogP contribution is 2.25. The van der Waals surface area contributed by atoms with Gasteiger partial charge in [-0.15, -0.1) is 22.9 Å². The number of rotatable bonds is 7. The molecular weight excluding hydrogens is 313 g/mol. The molecule has 0 radical (unpaired) electrons. The lowest BCUT2D eigenvalue weighted by Crippen LogP contribution is -1.99. The van der Waals surface area contributed by atoms with E-state index in [0.29, 0.717) is 17.5 Å². The topological polar surface area (TPSA) is 22.1 Å². The lowest BCUT2D eigenvalue weighted by molar-refractivity contribution is 0.307. The molecule has 1 aromatic carbocycles. The van der Waals surface area contributed by atoms with E-state index in [9.17, 15) is 0 Å². The van der Waals surface area contributed by atoms with E-state index < -0.39 is 0 Å². The second kappa shape index (κ2) is 7.87. The number of ether oxygens (including phenoxy) is 1. The molecule has 0 saturated heterocycles. The minimum Gasteiger partial charge on any atom is -0.492 e. The zero-order chi connectivity index (χ0) is 14.4. The number of unbranched alkanes of at least 4 members (excludes halogenated alkanes) is 1. The fraction of sp³-hybridized carbons (Fsp3) is 0.400. The first kappa shape index (κ1) is 15.6. The van der Waals surface area contributed by atoms with Crippen molar-refractivity contribution in [3.05, 3.63) is 44.9 Å². The molecule has 0 amide bonds. The Labute approximate surface area is 133 Å². The van der Waals surface area contributed by atoms with Gasteiger partial charge in [-0.25, -0.2) is 4.98 Å². The van der Waals surface area contributed by atoms with Gasteiger partial charge in [0, 0.05) is 5.38 Å². The van der Waals surface area contributed by atoms with Gasteiger partial charge in [0.1, 0.15) is 5.75 Å². The first-order valence-corrected chi connectivity index (χ1v) is 8.36. The second-order valence-electron chi connectivity index (χ2n) is 4.61. The van der Waals surface area contributed by atoms with Crippen LogP contribution in [-0.4, -0.2) is 11.6 Å². The van der Waals surface area contributed by atoms with E-state index in [1.807, 2.05) is 30.5 Å². The summed E-state index contributed by atoms with van der Waals surface area (Å²) in [5, 5.41) is 3.84. The van der Waals surface area contributed by atoms with E-state index >= 15 is 0 Å². The third-order valence-corrected chi connectivity index (χ3v) is 4.39. The van der Waals surface area contributed by atoms with Gasteiger partial charge < -0.3 is 4.74 Å². The molecule has 0 bridgehead atoms. The molecule has 1 aromatic heterocycles. The van der Waals surface area contributed by atoms with Crippen LogP contribution in [0.3, 0.4) is 0 Å². The van der Waals surface area contributed by atoms with Crippen LogP contribution in [-0.2, 0) is 12.3 Å². The number of hydrogen-bond donors (Lipinski definition) is 0. The largest absolute Gasteiger partial charge is 0.492 e. The molecule has 0 N–H and O–H groups in total. The summed E-state index contributed by atoms with van der Waals surface area (Å²) in [5.74, 6) is 1.25. The molecule has 0 saturated carbocycles. The van der Waals surface area contributed by atoms with Crippen molar-refractivity contribution in [2.75, 3.05) is 6.61 Å². The standard InChI is InChI=1S/C15H17Cl2NOS/c1-11-5-6-14(13(17)8-11)19-7-3-2-4-15-18-12(9-16)10-20-15/h5-6,8,10H,2-4,7,9H2,1H3. The van der Waals surface area contributed by atoms with Gasteiger partial charge in [-0.1, -0.05) is 17.7 Å². The van der Waals surface area contributed by atoms with Gasteiger partial charge in [0.05, 0.1) is 28.2 Å². The van der Waals surface area contributed by atoms with Crippen LogP contribution in [0.5, 0.6) is 5.75 Å². The number of halogens is 2. The monoisotopic (exact) mass is 329 g/mol. The highest BCUT2D eigenvalue weighted by atomic mass is 35.5. The first-order valence-electron chi connectivity index (χ1n) is 6.57. The Morgan fingerprint density at radius 2 is 2.15 bits per heavy atom. The van der Waals surface area contributed by atoms with Crippen LogP contribution in [0.15, 0.2) is 23.6 Å². The maximum Gasteiger partial charge on any atom is 0.137 e. The SMILES string of the molecule is Cc1ccc(OCCCCc2nc(CCl)cs2)c(Cl)c1. The van der Waals surface area contributed by atoms with Gasteiger partial charge >= 0.3 is 0 Å². The number of alkyl halides is 1. The number of nitrogens with zero attached hydrogens (tertiary/aromatic N) is 1. The highest BCUT2D eigenvalue weighted by molar-refractivity contribution is 7.09. The van der Waals surface area contributed by atoms with Crippen LogP contribution in [0.1, 0.15) is 29.1 Å². The second-order valence-corrected chi connectivity index (χ2v) is 6.22. The van der Waals surface area contributed by atoms with Crippen molar-refractivity contribution in [2.24, 2.45) is 0 Å². The van der Waals surface area contributed by atoms with Crippen molar-refractivity contribution in [1.82, 2.24) is 4.98 Å². The molecule has 0 aliphatic heterocycles. The number of thiazole rings is 1. The smallest absolute Gasteiger partial charge is 0.137 e. The van der Waals surface area contributed by atoms with Gasteiger partial charge in [0.15, 0.2) is 0 Å². The maximum absolute atomic E-state index is 6.11. The Bertz CT molecular complexity index is 557. The molecule has 0 unspecified atom stereocenters.